The standard InChI is InChI=1S/C20H21N3O4S/c1-14(15-7-5-4-6-8-15)21-20(24)19-13-18(22-28(25,26)23(19)2)16-9-11-17(27-3)12-10-16/h4-14H,1-3H3,(H,21,24)/t14-/m1/s1. The average molecular weight is 399 g/mol. The molecular formula is C20H21N3O4S. The van der Waals surface area contributed by atoms with Crippen molar-refractivity contribution in [1.29, 1.82) is 0 Å². The van der Waals surface area contributed by atoms with Crippen molar-refractivity contribution in [1.82, 2.24) is 9.62 Å². The Hall–Kier alpha value is -3.13. The summed E-state index contributed by atoms with van der Waals surface area (Å²) in [4.78, 5) is 12.8. The summed E-state index contributed by atoms with van der Waals surface area (Å²) in [7, 11) is -1.16. The number of carbonyl (C=O) groups excluding carboxylic acids is 1. The fourth-order valence-electron chi connectivity index (χ4n) is 2.76. The zero-order valence-electron chi connectivity index (χ0n) is 15.8. The van der Waals surface area contributed by atoms with Crippen LogP contribution < -0.4 is 10.1 Å². The Kier molecular flexibility index (Phi) is 5.51. The quantitative estimate of drug-likeness (QED) is 0.836. The number of hydrogen-bond acceptors (Lipinski definition) is 4. The van der Waals surface area contributed by atoms with E-state index in [2.05, 4.69) is 9.71 Å². The first-order valence-corrected chi connectivity index (χ1v) is 10.0. The van der Waals surface area contributed by atoms with Crippen LogP contribution in [0.3, 0.4) is 0 Å². The number of ether oxygens (including phenoxy) is 1. The summed E-state index contributed by atoms with van der Waals surface area (Å²) in [5, 5.41) is 2.84. The van der Waals surface area contributed by atoms with Crippen LogP contribution in [0.4, 0.5) is 0 Å². The van der Waals surface area contributed by atoms with Gasteiger partial charge in [-0.3, -0.25) is 4.79 Å². The van der Waals surface area contributed by atoms with Gasteiger partial charge in [-0.25, -0.2) is 4.31 Å². The lowest BCUT2D eigenvalue weighted by atomic mass is 10.1. The van der Waals surface area contributed by atoms with Crippen LogP contribution in [-0.4, -0.2) is 38.5 Å². The Morgan fingerprint density at radius 2 is 1.75 bits per heavy atom. The van der Waals surface area contributed by atoms with Crippen molar-refractivity contribution in [3.8, 4) is 5.75 Å². The van der Waals surface area contributed by atoms with E-state index in [1.54, 1.807) is 31.4 Å². The first kappa shape index (κ1) is 19.6. The van der Waals surface area contributed by atoms with E-state index in [0.717, 1.165) is 9.87 Å². The van der Waals surface area contributed by atoms with Crippen LogP contribution in [0, 0.1) is 0 Å². The van der Waals surface area contributed by atoms with E-state index in [0.29, 0.717) is 11.3 Å². The summed E-state index contributed by atoms with van der Waals surface area (Å²) < 4.78 is 34.7. The molecule has 0 aliphatic carbocycles. The molecule has 7 nitrogen and oxygen atoms in total. The molecule has 0 bridgehead atoms. The maximum Gasteiger partial charge on any atom is 0.345 e. The predicted molar refractivity (Wildman–Crippen MR) is 107 cm³/mol. The van der Waals surface area contributed by atoms with Crippen molar-refractivity contribution >= 4 is 21.8 Å². The predicted octanol–water partition coefficient (Wildman–Crippen LogP) is 2.44. The van der Waals surface area contributed by atoms with E-state index in [4.69, 9.17) is 4.74 Å². The zero-order chi connectivity index (χ0) is 20.3. The maximum atomic E-state index is 12.8. The molecule has 0 saturated heterocycles. The molecule has 1 N–H and O–H groups in total. The minimum absolute atomic E-state index is 0.00333. The molecule has 0 spiro atoms. The third-order valence-electron chi connectivity index (χ3n) is 4.44. The van der Waals surface area contributed by atoms with Gasteiger partial charge in [-0.05, 0) is 42.8 Å². The van der Waals surface area contributed by atoms with E-state index >= 15 is 0 Å². The molecule has 0 saturated carbocycles. The van der Waals surface area contributed by atoms with Gasteiger partial charge in [0.05, 0.1) is 18.9 Å². The summed E-state index contributed by atoms with van der Waals surface area (Å²) in [6.07, 6.45) is 1.47. The fraction of sp³-hybridized carbons (Fsp3) is 0.200. The van der Waals surface area contributed by atoms with Gasteiger partial charge in [0.15, 0.2) is 0 Å². The molecule has 28 heavy (non-hydrogen) atoms. The lowest BCUT2D eigenvalue weighted by Crippen LogP contribution is -2.39. The first-order valence-electron chi connectivity index (χ1n) is 8.62. The largest absolute Gasteiger partial charge is 0.497 e. The van der Waals surface area contributed by atoms with Crippen LogP contribution in [0.1, 0.15) is 24.1 Å². The van der Waals surface area contributed by atoms with Gasteiger partial charge in [-0.1, -0.05) is 30.3 Å². The van der Waals surface area contributed by atoms with E-state index in [9.17, 15) is 13.2 Å². The fourth-order valence-corrected chi connectivity index (χ4v) is 3.67. The normalized spacial score (nSPS) is 16.6. The highest BCUT2D eigenvalue weighted by molar-refractivity contribution is 7.88. The number of likely N-dealkylation sites (N-methyl/N-ethyl adjacent to an activating group) is 1. The maximum absolute atomic E-state index is 12.8. The van der Waals surface area contributed by atoms with Gasteiger partial charge in [-0.15, -0.1) is 4.40 Å². The lowest BCUT2D eigenvalue weighted by molar-refractivity contribution is -0.119. The van der Waals surface area contributed by atoms with Gasteiger partial charge in [0.1, 0.15) is 11.4 Å². The van der Waals surface area contributed by atoms with Gasteiger partial charge in [0.25, 0.3) is 5.91 Å². The van der Waals surface area contributed by atoms with Crippen molar-refractivity contribution in [3.05, 3.63) is 77.5 Å². The van der Waals surface area contributed by atoms with Crippen LogP contribution in [0.2, 0.25) is 0 Å². The summed E-state index contributed by atoms with van der Waals surface area (Å²) in [6.45, 7) is 1.84. The van der Waals surface area contributed by atoms with Gasteiger partial charge < -0.3 is 10.1 Å². The Morgan fingerprint density at radius 3 is 2.36 bits per heavy atom. The molecule has 1 heterocycles. The molecule has 1 amide bonds. The third kappa shape index (κ3) is 4.07. The second-order valence-corrected chi connectivity index (χ2v) is 7.91. The molecular weight excluding hydrogens is 378 g/mol. The molecule has 146 valence electrons. The highest BCUT2D eigenvalue weighted by Gasteiger charge is 2.30. The second kappa shape index (κ2) is 7.85. The summed E-state index contributed by atoms with van der Waals surface area (Å²) >= 11 is 0. The Labute approximate surface area is 164 Å². The van der Waals surface area contributed by atoms with Gasteiger partial charge >= 0.3 is 10.2 Å². The van der Waals surface area contributed by atoms with Crippen LogP contribution >= 0.6 is 0 Å². The van der Waals surface area contributed by atoms with E-state index in [1.165, 1.54) is 13.1 Å². The number of rotatable bonds is 5. The highest BCUT2D eigenvalue weighted by atomic mass is 32.2. The number of nitrogens with zero attached hydrogens (tertiary/aromatic N) is 2. The van der Waals surface area contributed by atoms with Crippen molar-refractivity contribution in [2.75, 3.05) is 14.2 Å². The third-order valence-corrected chi connectivity index (χ3v) is 5.75. The molecule has 0 unspecified atom stereocenters. The summed E-state index contributed by atoms with van der Waals surface area (Å²) in [6, 6.07) is 15.9. The van der Waals surface area contributed by atoms with Crippen LogP contribution in [0.25, 0.3) is 0 Å². The number of allylic oxidation sites excluding steroid dienone is 1. The lowest BCUT2D eigenvalue weighted by Gasteiger charge is -2.25. The minimum atomic E-state index is -4.01. The molecule has 0 fully saturated rings. The molecule has 1 atom stereocenters. The number of carbonyl (C=O) groups is 1. The van der Waals surface area contributed by atoms with Crippen molar-refractivity contribution in [3.63, 3.8) is 0 Å². The van der Waals surface area contributed by atoms with Gasteiger partial charge in [0.2, 0.25) is 0 Å². The molecule has 2 aromatic carbocycles. The zero-order valence-corrected chi connectivity index (χ0v) is 16.6. The van der Waals surface area contributed by atoms with Crippen molar-refractivity contribution in [2.24, 2.45) is 4.40 Å². The number of benzene rings is 2. The minimum Gasteiger partial charge on any atom is -0.497 e. The Morgan fingerprint density at radius 1 is 1.11 bits per heavy atom. The first-order chi connectivity index (χ1) is 13.3. The van der Waals surface area contributed by atoms with E-state index in [-0.39, 0.29) is 17.5 Å². The van der Waals surface area contributed by atoms with Crippen molar-refractivity contribution < 1.29 is 17.9 Å². The molecule has 3 rings (SSSR count). The number of hydrogen-bond donors (Lipinski definition) is 1. The summed E-state index contributed by atoms with van der Waals surface area (Å²) in [5.41, 5.74) is 1.68. The highest BCUT2D eigenvalue weighted by Crippen LogP contribution is 2.22. The Balaban J connectivity index is 1.90. The molecule has 8 heteroatoms. The Bertz CT molecular complexity index is 1030. The SMILES string of the molecule is COc1ccc(C2=NS(=O)(=O)N(C)C(C(=O)N[C@H](C)c3ccccc3)=C2)cc1. The summed E-state index contributed by atoms with van der Waals surface area (Å²) in [5.74, 6) is 0.141. The average Bonchev–Trinajstić information content (AvgIpc) is 2.70. The van der Waals surface area contributed by atoms with Gasteiger partial charge in [0, 0.05) is 12.6 Å². The monoisotopic (exact) mass is 399 g/mol. The van der Waals surface area contributed by atoms with Crippen LogP contribution in [0.15, 0.2) is 70.8 Å². The van der Waals surface area contributed by atoms with E-state index < -0.39 is 16.1 Å². The van der Waals surface area contributed by atoms with Gasteiger partial charge in [-0.2, -0.15) is 8.42 Å². The number of nitrogens with one attached hydrogen (secondary N) is 1. The molecule has 2 aromatic rings. The molecule has 0 radical (unpaired) electrons. The van der Waals surface area contributed by atoms with Crippen LogP contribution in [-0.2, 0) is 15.0 Å². The van der Waals surface area contributed by atoms with Crippen molar-refractivity contribution in [2.45, 2.75) is 13.0 Å². The molecule has 1 aliphatic heterocycles. The second-order valence-electron chi connectivity index (χ2n) is 6.29. The van der Waals surface area contributed by atoms with E-state index in [1.807, 2.05) is 37.3 Å². The molecule has 1 aliphatic rings. The molecule has 0 aromatic heterocycles. The topological polar surface area (TPSA) is 88.1 Å². The van der Waals surface area contributed by atoms with Crippen LogP contribution in [0.5, 0.6) is 5.75 Å². The smallest absolute Gasteiger partial charge is 0.345 e. The number of amides is 1. The number of methoxy groups -OCH3 is 1.